The van der Waals surface area contributed by atoms with E-state index in [-0.39, 0.29) is 18.6 Å². The maximum Gasteiger partial charge on any atom is 0.240 e. The molecule has 1 aromatic carbocycles. The van der Waals surface area contributed by atoms with E-state index < -0.39 is 0 Å². The first-order valence-electron chi connectivity index (χ1n) is 9.67. The number of hydrogen-bond acceptors (Lipinski definition) is 6. The molecule has 2 aliphatic rings. The van der Waals surface area contributed by atoms with Crippen molar-refractivity contribution in [1.29, 1.82) is 0 Å². The van der Waals surface area contributed by atoms with Crippen LogP contribution in [0.5, 0.6) is 5.75 Å². The van der Waals surface area contributed by atoms with Crippen LogP contribution in [0.15, 0.2) is 24.3 Å². The zero-order valence-electron chi connectivity index (χ0n) is 16.3. The Hall–Kier alpha value is -1.28. The van der Waals surface area contributed by atoms with Gasteiger partial charge in [-0.15, -0.1) is 0 Å². The number of thioether (sulfide) groups is 1. The average Bonchev–Trinajstić information content (AvgIpc) is 3.07. The minimum Gasteiger partial charge on any atom is -0.497 e. The molecule has 0 radical (unpaired) electrons. The van der Waals surface area contributed by atoms with Crippen LogP contribution in [-0.2, 0) is 10.5 Å². The molecule has 1 aromatic rings. The molecule has 1 amide bonds. The molecule has 3 rings (SSSR count). The molecule has 150 valence electrons. The van der Waals surface area contributed by atoms with Crippen molar-refractivity contribution in [2.24, 2.45) is 0 Å². The first-order valence-corrected chi connectivity index (χ1v) is 10.7. The van der Waals surface area contributed by atoms with Gasteiger partial charge in [-0.1, -0.05) is 12.1 Å². The molecule has 2 aliphatic heterocycles. The van der Waals surface area contributed by atoms with Gasteiger partial charge < -0.3 is 14.7 Å². The van der Waals surface area contributed by atoms with E-state index in [0.29, 0.717) is 11.8 Å². The zero-order chi connectivity index (χ0) is 19.2. The smallest absolute Gasteiger partial charge is 0.240 e. The lowest BCUT2D eigenvalue weighted by Gasteiger charge is -2.36. The van der Waals surface area contributed by atoms with E-state index in [0.717, 1.165) is 50.6 Å². The minimum absolute atomic E-state index is 0.00255. The van der Waals surface area contributed by atoms with Crippen molar-refractivity contribution < 1.29 is 14.6 Å². The Morgan fingerprint density at radius 2 is 1.93 bits per heavy atom. The predicted octanol–water partition coefficient (Wildman–Crippen LogP) is 1.14. The minimum atomic E-state index is 0.00255. The Bertz CT molecular complexity index is 605. The highest BCUT2D eigenvalue weighted by Gasteiger charge is 2.37. The molecule has 0 spiro atoms. The number of ether oxygens (including phenoxy) is 1. The summed E-state index contributed by atoms with van der Waals surface area (Å²) in [6.07, 6.45) is 0.924. The lowest BCUT2D eigenvalue weighted by molar-refractivity contribution is -0.137. The van der Waals surface area contributed by atoms with E-state index in [4.69, 9.17) is 9.84 Å². The van der Waals surface area contributed by atoms with Crippen molar-refractivity contribution in [1.82, 2.24) is 14.7 Å². The standard InChI is InChI=1S/C20H31N3O3S/c1-21-14-18(27-15-16-3-5-17(26-2)6-4-16)13-19(21)20(25)23-9-7-22(8-10-23)11-12-24/h3-6,18-19,24H,7-15H2,1-2H3. The number of carbonyl (C=O) groups is 1. The first-order chi connectivity index (χ1) is 13.1. The molecule has 27 heavy (non-hydrogen) atoms. The van der Waals surface area contributed by atoms with Gasteiger partial charge >= 0.3 is 0 Å². The Morgan fingerprint density at radius 3 is 2.56 bits per heavy atom. The SMILES string of the molecule is COc1ccc(CSC2CC(C(=O)N3CCN(CCO)CC3)N(C)C2)cc1. The topological polar surface area (TPSA) is 56.3 Å². The number of likely N-dealkylation sites (tertiary alicyclic amines) is 1. The van der Waals surface area contributed by atoms with Crippen molar-refractivity contribution in [3.8, 4) is 5.75 Å². The molecule has 2 heterocycles. The lowest BCUT2D eigenvalue weighted by Crippen LogP contribution is -2.53. The van der Waals surface area contributed by atoms with Gasteiger partial charge in [0.2, 0.25) is 5.91 Å². The van der Waals surface area contributed by atoms with Crippen molar-refractivity contribution >= 4 is 17.7 Å². The second-order valence-corrected chi connectivity index (χ2v) is 8.65. The van der Waals surface area contributed by atoms with Gasteiger partial charge in [-0.2, -0.15) is 11.8 Å². The normalized spacial score (nSPS) is 24.3. The van der Waals surface area contributed by atoms with E-state index in [9.17, 15) is 4.79 Å². The molecular weight excluding hydrogens is 362 g/mol. The Labute approximate surface area is 166 Å². The number of carbonyl (C=O) groups excluding carboxylic acids is 1. The number of piperazine rings is 1. The zero-order valence-corrected chi connectivity index (χ0v) is 17.2. The van der Waals surface area contributed by atoms with E-state index >= 15 is 0 Å². The highest BCUT2D eigenvalue weighted by Crippen LogP contribution is 2.30. The predicted molar refractivity (Wildman–Crippen MR) is 109 cm³/mol. The summed E-state index contributed by atoms with van der Waals surface area (Å²) in [7, 11) is 3.75. The Kier molecular flexibility index (Phi) is 7.41. The van der Waals surface area contributed by atoms with Crippen LogP contribution >= 0.6 is 11.8 Å². The molecule has 2 unspecified atom stereocenters. The van der Waals surface area contributed by atoms with Crippen LogP contribution in [0.2, 0.25) is 0 Å². The molecule has 0 bridgehead atoms. The summed E-state index contributed by atoms with van der Waals surface area (Å²) in [5.41, 5.74) is 1.29. The molecule has 0 saturated carbocycles. The number of hydrogen-bond donors (Lipinski definition) is 1. The summed E-state index contributed by atoms with van der Waals surface area (Å²) in [6.45, 7) is 5.11. The van der Waals surface area contributed by atoms with Crippen molar-refractivity contribution in [2.45, 2.75) is 23.5 Å². The van der Waals surface area contributed by atoms with Crippen LogP contribution < -0.4 is 4.74 Å². The van der Waals surface area contributed by atoms with Gasteiger partial charge in [0.25, 0.3) is 0 Å². The molecule has 6 nitrogen and oxygen atoms in total. The van der Waals surface area contributed by atoms with Gasteiger partial charge in [-0.05, 0) is 31.2 Å². The molecule has 0 aromatic heterocycles. The van der Waals surface area contributed by atoms with Gasteiger partial charge in [0.15, 0.2) is 0 Å². The maximum atomic E-state index is 13.0. The molecule has 2 saturated heterocycles. The van der Waals surface area contributed by atoms with Gasteiger partial charge in [0.1, 0.15) is 5.75 Å². The van der Waals surface area contributed by atoms with Crippen molar-refractivity contribution in [3.05, 3.63) is 29.8 Å². The number of benzene rings is 1. The van der Waals surface area contributed by atoms with Crippen LogP contribution in [0.1, 0.15) is 12.0 Å². The lowest BCUT2D eigenvalue weighted by atomic mass is 10.1. The number of nitrogens with zero attached hydrogens (tertiary/aromatic N) is 3. The Morgan fingerprint density at radius 1 is 1.22 bits per heavy atom. The van der Waals surface area contributed by atoms with Crippen LogP contribution in [0.25, 0.3) is 0 Å². The monoisotopic (exact) mass is 393 g/mol. The van der Waals surface area contributed by atoms with Crippen molar-refractivity contribution in [3.63, 3.8) is 0 Å². The number of likely N-dealkylation sites (N-methyl/N-ethyl adjacent to an activating group) is 1. The summed E-state index contributed by atoms with van der Waals surface area (Å²) in [5, 5.41) is 9.54. The summed E-state index contributed by atoms with van der Waals surface area (Å²) in [4.78, 5) is 19.4. The molecule has 2 atom stereocenters. The summed E-state index contributed by atoms with van der Waals surface area (Å²) < 4.78 is 5.21. The maximum absolute atomic E-state index is 13.0. The highest BCUT2D eigenvalue weighted by atomic mass is 32.2. The average molecular weight is 394 g/mol. The number of aliphatic hydroxyl groups is 1. The molecule has 7 heteroatoms. The summed E-state index contributed by atoms with van der Waals surface area (Å²) in [6, 6.07) is 8.22. The van der Waals surface area contributed by atoms with Crippen molar-refractivity contribution in [2.75, 3.05) is 60.0 Å². The first kappa shape index (κ1) is 20.5. The second kappa shape index (κ2) is 9.78. The highest BCUT2D eigenvalue weighted by molar-refractivity contribution is 7.99. The third-order valence-corrected chi connectivity index (χ3v) is 6.85. The molecule has 2 fully saturated rings. The number of amides is 1. The van der Waals surface area contributed by atoms with Crippen LogP contribution in [0.4, 0.5) is 0 Å². The third kappa shape index (κ3) is 5.38. The fourth-order valence-electron chi connectivity index (χ4n) is 3.84. The number of β-amino-alcohol motifs (C(OH)–C–C–N with tert-alkyl or cyclic N) is 1. The second-order valence-electron chi connectivity index (χ2n) is 7.36. The van der Waals surface area contributed by atoms with Crippen LogP contribution in [-0.4, -0.2) is 97.0 Å². The molecule has 1 N–H and O–H groups in total. The molecule has 0 aliphatic carbocycles. The number of aliphatic hydroxyl groups excluding tert-OH is 1. The fourth-order valence-corrected chi connectivity index (χ4v) is 5.12. The van der Waals surface area contributed by atoms with Crippen LogP contribution in [0.3, 0.4) is 0 Å². The van der Waals surface area contributed by atoms with Gasteiger partial charge in [-0.3, -0.25) is 14.6 Å². The number of rotatable bonds is 7. The Balaban J connectivity index is 1.46. The largest absolute Gasteiger partial charge is 0.497 e. The van der Waals surface area contributed by atoms with Crippen LogP contribution in [0, 0.1) is 0 Å². The van der Waals surface area contributed by atoms with Gasteiger partial charge in [0, 0.05) is 50.3 Å². The summed E-state index contributed by atoms with van der Waals surface area (Å²) >= 11 is 1.94. The van der Waals surface area contributed by atoms with E-state index in [1.54, 1.807) is 7.11 Å². The number of methoxy groups -OCH3 is 1. The van der Waals surface area contributed by atoms with E-state index in [1.807, 2.05) is 28.8 Å². The third-order valence-electron chi connectivity index (χ3n) is 5.54. The summed E-state index contributed by atoms with van der Waals surface area (Å²) in [5.74, 6) is 2.12. The van der Waals surface area contributed by atoms with E-state index in [1.165, 1.54) is 5.56 Å². The molecular formula is C20H31N3O3S. The fraction of sp³-hybridized carbons (Fsp3) is 0.650. The van der Waals surface area contributed by atoms with Gasteiger partial charge in [-0.25, -0.2) is 0 Å². The quantitative estimate of drug-likeness (QED) is 0.750. The van der Waals surface area contributed by atoms with Gasteiger partial charge in [0.05, 0.1) is 19.8 Å². The van der Waals surface area contributed by atoms with E-state index in [2.05, 4.69) is 29.0 Å².